The molecule has 0 spiro atoms. The zero-order chi connectivity index (χ0) is 6.43. The molecule has 2 rings (SSSR count). The van der Waals surface area contributed by atoms with Gasteiger partial charge in [-0.2, -0.15) is 0 Å². The van der Waals surface area contributed by atoms with Crippen LogP contribution in [0.25, 0.3) is 0 Å². The first-order valence-electron chi connectivity index (χ1n) is 3.57. The number of alkyl halides is 2. The minimum atomic E-state index is 0.495. The molecular weight excluding hydrogens is 199 g/mol. The highest BCUT2D eigenvalue weighted by Gasteiger charge is 2.45. The van der Waals surface area contributed by atoms with Crippen molar-refractivity contribution >= 4 is 27.5 Å². The van der Waals surface area contributed by atoms with Crippen LogP contribution in [-0.2, 0) is 0 Å². The summed E-state index contributed by atoms with van der Waals surface area (Å²) in [5, 5.41) is 0.495. The Hall–Kier alpha value is 0.770. The molecular formula is C7H10BrCl. The van der Waals surface area contributed by atoms with Crippen LogP contribution in [0.4, 0.5) is 0 Å². The second kappa shape index (κ2) is 2.13. The highest BCUT2D eigenvalue weighted by molar-refractivity contribution is 9.09. The third-order valence-corrected chi connectivity index (χ3v) is 4.46. The molecule has 0 amide bonds. The van der Waals surface area contributed by atoms with Gasteiger partial charge in [-0.3, -0.25) is 0 Å². The molecule has 2 saturated carbocycles. The van der Waals surface area contributed by atoms with E-state index >= 15 is 0 Å². The summed E-state index contributed by atoms with van der Waals surface area (Å²) < 4.78 is 0. The van der Waals surface area contributed by atoms with Crippen LogP contribution >= 0.6 is 27.5 Å². The molecule has 0 nitrogen and oxygen atoms in total. The van der Waals surface area contributed by atoms with Gasteiger partial charge in [-0.15, -0.1) is 11.6 Å². The Morgan fingerprint density at radius 2 is 2.11 bits per heavy atom. The molecule has 2 aliphatic rings. The van der Waals surface area contributed by atoms with Gasteiger partial charge in [0.15, 0.2) is 0 Å². The van der Waals surface area contributed by atoms with Crippen LogP contribution in [0.2, 0.25) is 0 Å². The SMILES string of the molecule is Cl[C@H]1[C@@H]2CC[C@H]1[C@H](Br)C2. The van der Waals surface area contributed by atoms with Crippen LogP contribution in [0, 0.1) is 11.8 Å². The normalized spacial score (nSPS) is 56.7. The number of halogens is 2. The van der Waals surface area contributed by atoms with Gasteiger partial charge < -0.3 is 0 Å². The topological polar surface area (TPSA) is 0 Å². The van der Waals surface area contributed by atoms with Crippen LogP contribution in [0.5, 0.6) is 0 Å². The van der Waals surface area contributed by atoms with Gasteiger partial charge in [0.25, 0.3) is 0 Å². The van der Waals surface area contributed by atoms with Crippen molar-refractivity contribution in [3.63, 3.8) is 0 Å². The predicted molar refractivity (Wildman–Crippen MR) is 43.2 cm³/mol. The summed E-state index contributed by atoms with van der Waals surface area (Å²) in [5.74, 6) is 1.62. The Kier molecular flexibility index (Phi) is 1.53. The average Bonchev–Trinajstić information content (AvgIpc) is 2.25. The standard InChI is InChI=1S/C7H10BrCl/c8-6-3-4-1-2-5(6)7(4)9/h4-7H,1-3H2/t4-,5+,6-,7+/m1/s1. The maximum absolute atomic E-state index is 6.14. The fourth-order valence-electron chi connectivity index (χ4n) is 2.17. The Morgan fingerprint density at radius 1 is 1.33 bits per heavy atom. The molecule has 2 aliphatic carbocycles. The van der Waals surface area contributed by atoms with Crippen LogP contribution in [-0.4, -0.2) is 10.2 Å². The van der Waals surface area contributed by atoms with Gasteiger partial charge >= 0.3 is 0 Å². The third kappa shape index (κ3) is 0.848. The summed E-state index contributed by atoms with van der Waals surface area (Å²) in [7, 11) is 0. The molecule has 0 aromatic rings. The largest absolute Gasteiger partial charge is 0.122 e. The van der Waals surface area contributed by atoms with Crippen molar-refractivity contribution in [2.45, 2.75) is 29.5 Å². The molecule has 0 saturated heterocycles. The van der Waals surface area contributed by atoms with Crippen LogP contribution < -0.4 is 0 Å². The maximum Gasteiger partial charge on any atom is 0.0403 e. The number of rotatable bonds is 0. The second-order valence-electron chi connectivity index (χ2n) is 3.20. The molecule has 0 N–H and O–H groups in total. The van der Waals surface area contributed by atoms with E-state index in [1.54, 1.807) is 0 Å². The summed E-state index contributed by atoms with van der Waals surface area (Å²) in [6.45, 7) is 0. The van der Waals surface area contributed by atoms with Crippen molar-refractivity contribution in [1.82, 2.24) is 0 Å². The fourth-order valence-corrected chi connectivity index (χ4v) is 3.95. The minimum Gasteiger partial charge on any atom is -0.122 e. The Balaban J connectivity index is 2.16. The molecule has 0 heterocycles. The zero-order valence-corrected chi connectivity index (χ0v) is 7.53. The van der Waals surface area contributed by atoms with E-state index in [2.05, 4.69) is 15.9 Å². The van der Waals surface area contributed by atoms with E-state index in [0.717, 1.165) is 16.7 Å². The molecule has 4 atom stereocenters. The molecule has 0 radical (unpaired) electrons. The third-order valence-electron chi connectivity index (χ3n) is 2.72. The lowest BCUT2D eigenvalue weighted by atomic mass is 10.0. The van der Waals surface area contributed by atoms with E-state index < -0.39 is 0 Å². The van der Waals surface area contributed by atoms with Gasteiger partial charge in [-0.05, 0) is 31.1 Å². The summed E-state index contributed by atoms with van der Waals surface area (Å²) in [5.41, 5.74) is 0. The predicted octanol–water partition coefficient (Wildman–Crippen LogP) is 2.79. The number of hydrogen-bond donors (Lipinski definition) is 0. The zero-order valence-electron chi connectivity index (χ0n) is 5.19. The molecule has 52 valence electrons. The number of fused-ring (bicyclic) bond motifs is 2. The molecule has 2 bridgehead atoms. The summed E-state index contributed by atoms with van der Waals surface area (Å²) in [6.07, 6.45) is 4.05. The van der Waals surface area contributed by atoms with Crippen molar-refractivity contribution in [3.05, 3.63) is 0 Å². The Labute approximate surface area is 69.1 Å². The van der Waals surface area contributed by atoms with Crippen LogP contribution in [0.1, 0.15) is 19.3 Å². The molecule has 0 aromatic heterocycles. The fraction of sp³-hybridized carbons (Fsp3) is 1.00. The van der Waals surface area contributed by atoms with Crippen molar-refractivity contribution in [2.75, 3.05) is 0 Å². The molecule has 0 aliphatic heterocycles. The van der Waals surface area contributed by atoms with Crippen LogP contribution in [0.15, 0.2) is 0 Å². The van der Waals surface area contributed by atoms with Crippen LogP contribution in [0.3, 0.4) is 0 Å². The Morgan fingerprint density at radius 3 is 2.33 bits per heavy atom. The van der Waals surface area contributed by atoms with E-state index in [1.807, 2.05) is 0 Å². The first kappa shape index (κ1) is 6.48. The Bertz CT molecular complexity index is 126. The first-order chi connectivity index (χ1) is 4.29. The maximum atomic E-state index is 6.14. The lowest BCUT2D eigenvalue weighted by Crippen LogP contribution is -2.10. The number of hydrogen-bond acceptors (Lipinski definition) is 0. The summed E-state index contributed by atoms with van der Waals surface area (Å²) in [4.78, 5) is 0.735. The molecule has 0 unspecified atom stereocenters. The van der Waals surface area contributed by atoms with E-state index in [0.29, 0.717) is 5.38 Å². The van der Waals surface area contributed by atoms with E-state index in [9.17, 15) is 0 Å². The van der Waals surface area contributed by atoms with E-state index in [-0.39, 0.29) is 0 Å². The second-order valence-corrected chi connectivity index (χ2v) is 4.88. The van der Waals surface area contributed by atoms with Gasteiger partial charge in [0.05, 0.1) is 0 Å². The molecule has 2 fully saturated rings. The lowest BCUT2D eigenvalue weighted by Gasteiger charge is -2.13. The monoisotopic (exact) mass is 208 g/mol. The summed E-state index contributed by atoms with van der Waals surface area (Å²) in [6, 6.07) is 0. The van der Waals surface area contributed by atoms with Gasteiger partial charge in [0.2, 0.25) is 0 Å². The van der Waals surface area contributed by atoms with Crippen molar-refractivity contribution in [2.24, 2.45) is 11.8 Å². The lowest BCUT2D eigenvalue weighted by molar-refractivity contribution is 0.497. The van der Waals surface area contributed by atoms with Gasteiger partial charge in [0, 0.05) is 10.2 Å². The minimum absolute atomic E-state index is 0.495. The van der Waals surface area contributed by atoms with E-state index in [1.165, 1.54) is 19.3 Å². The quantitative estimate of drug-likeness (QED) is 0.538. The van der Waals surface area contributed by atoms with Gasteiger partial charge in [-0.25, -0.2) is 0 Å². The molecule has 9 heavy (non-hydrogen) atoms. The van der Waals surface area contributed by atoms with Crippen molar-refractivity contribution in [3.8, 4) is 0 Å². The smallest absolute Gasteiger partial charge is 0.0403 e. The van der Waals surface area contributed by atoms with Crippen molar-refractivity contribution in [1.29, 1.82) is 0 Å². The van der Waals surface area contributed by atoms with Gasteiger partial charge in [0.1, 0.15) is 0 Å². The highest BCUT2D eigenvalue weighted by atomic mass is 79.9. The van der Waals surface area contributed by atoms with E-state index in [4.69, 9.17) is 11.6 Å². The summed E-state index contributed by atoms with van der Waals surface area (Å²) >= 11 is 9.79. The highest BCUT2D eigenvalue weighted by Crippen LogP contribution is 2.50. The van der Waals surface area contributed by atoms with Gasteiger partial charge in [-0.1, -0.05) is 15.9 Å². The van der Waals surface area contributed by atoms with Crippen molar-refractivity contribution < 1.29 is 0 Å². The average molecular weight is 210 g/mol. The molecule has 2 heteroatoms. The first-order valence-corrected chi connectivity index (χ1v) is 4.92. The molecule has 0 aromatic carbocycles.